The maximum absolute atomic E-state index is 11.5. The molecule has 3 aromatic rings. The highest BCUT2D eigenvalue weighted by atomic mass is 16.5. The molecule has 1 amide bonds. The topological polar surface area (TPSA) is 120 Å². The SMILES string of the molecule is CCCCOc1nc(NCCN2CCOCC2)c2ncn(Cc3cccc(C(N)=O)c3)c2n1. The molecule has 176 valence electrons. The lowest BCUT2D eigenvalue weighted by Gasteiger charge is -2.26. The van der Waals surface area contributed by atoms with E-state index in [0.717, 1.165) is 57.8 Å². The Labute approximate surface area is 193 Å². The van der Waals surface area contributed by atoms with Crippen LogP contribution in [0.5, 0.6) is 6.01 Å². The van der Waals surface area contributed by atoms with Gasteiger partial charge in [-0.3, -0.25) is 9.69 Å². The van der Waals surface area contributed by atoms with E-state index in [2.05, 4.69) is 32.1 Å². The number of rotatable bonds is 11. The van der Waals surface area contributed by atoms with Crippen molar-refractivity contribution in [1.29, 1.82) is 0 Å². The van der Waals surface area contributed by atoms with E-state index in [-0.39, 0.29) is 0 Å². The van der Waals surface area contributed by atoms with Gasteiger partial charge < -0.3 is 25.1 Å². The number of hydrogen-bond acceptors (Lipinski definition) is 8. The number of fused-ring (bicyclic) bond motifs is 1. The predicted molar refractivity (Wildman–Crippen MR) is 126 cm³/mol. The first-order valence-corrected chi connectivity index (χ1v) is 11.4. The molecule has 1 saturated heterocycles. The third-order valence-corrected chi connectivity index (χ3v) is 5.56. The lowest BCUT2D eigenvalue weighted by atomic mass is 10.1. The molecule has 1 aliphatic rings. The van der Waals surface area contributed by atoms with Gasteiger partial charge in [-0.05, 0) is 24.1 Å². The molecule has 33 heavy (non-hydrogen) atoms. The van der Waals surface area contributed by atoms with Crippen molar-refractivity contribution in [3.8, 4) is 6.01 Å². The second kappa shape index (κ2) is 11.1. The Morgan fingerprint density at radius 3 is 2.91 bits per heavy atom. The van der Waals surface area contributed by atoms with E-state index in [1.165, 1.54) is 0 Å². The average Bonchev–Trinajstić information content (AvgIpc) is 3.23. The van der Waals surface area contributed by atoms with E-state index in [1.807, 2.05) is 16.7 Å². The molecular weight excluding hydrogens is 422 g/mol. The largest absolute Gasteiger partial charge is 0.463 e. The number of morpholine rings is 1. The van der Waals surface area contributed by atoms with Crippen LogP contribution in [0, 0.1) is 0 Å². The number of aromatic nitrogens is 4. The first-order chi connectivity index (χ1) is 16.1. The van der Waals surface area contributed by atoms with Gasteiger partial charge in [0.1, 0.15) is 0 Å². The summed E-state index contributed by atoms with van der Waals surface area (Å²) in [5.41, 5.74) is 8.20. The van der Waals surface area contributed by atoms with Crippen LogP contribution in [0.2, 0.25) is 0 Å². The van der Waals surface area contributed by atoms with Crippen molar-refractivity contribution in [3.63, 3.8) is 0 Å². The second-order valence-corrected chi connectivity index (χ2v) is 8.05. The van der Waals surface area contributed by atoms with Crippen molar-refractivity contribution in [1.82, 2.24) is 24.4 Å². The smallest absolute Gasteiger partial charge is 0.320 e. The van der Waals surface area contributed by atoms with Crippen LogP contribution >= 0.6 is 0 Å². The summed E-state index contributed by atoms with van der Waals surface area (Å²) in [5.74, 6) is 0.206. The minimum atomic E-state index is -0.451. The fourth-order valence-corrected chi connectivity index (χ4v) is 3.71. The maximum Gasteiger partial charge on any atom is 0.320 e. The van der Waals surface area contributed by atoms with Gasteiger partial charge in [0.05, 0.1) is 32.7 Å². The fourth-order valence-electron chi connectivity index (χ4n) is 3.71. The van der Waals surface area contributed by atoms with E-state index < -0.39 is 5.91 Å². The van der Waals surface area contributed by atoms with Gasteiger partial charge in [-0.2, -0.15) is 9.97 Å². The average molecular weight is 454 g/mol. The zero-order valence-corrected chi connectivity index (χ0v) is 19.0. The van der Waals surface area contributed by atoms with Crippen molar-refractivity contribution in [2.75, 3.05) is 51.3 Å². The molecule has 0 radical (unpaired) electrons. The number of ether oxygens (including phenoxy) is 2. The zero-order valence-electron chi connectivity index (χ0n) is 19.0. The molecule has 0 bridgehead atoms. The molecular formula is C23H31N7O3. The highest BCUT2D eigenvalue weighted by Crippen LogP contribution is 2.23. The molecule has 4 rings (SSSR count). The Morgan fingerprint density at radius 1 is 1.27 bits per heavy atom. The summed E-state index contributed by atoms with van der Waals surface area (Å²) >= 11 is 0. The lowest BCUT2D eigenvalue weighted by molar-refractivity contribution is 0.0398. The second-order valence-electron chi connectivity index (χ2n) is 8.05. The number of amides is 1. The summed E-state index contributed by atoms with van der Waals surface area (Å²) in [6.07, 6.45) is 3.70. The fraction of sp³-hybridized carbons (Fsp3) is 0.478. The quantitative estimate of drug-likeness (QED) is 0.422. The Balaban J connectivity index is 1.56. The van der Waals surface area contributed by atoms with Crippen molar-refractivity contribution in [2.45, 2.75) is 26.3 Å². The molecule has 10 nitrogen and oxygen atoms in total. The van der Waals surface area contributed by atoms with Crippen LogP contribution in [-0.2, 0) is 11.3 Å². The summed E-state index contributed by atoms with van der Waals surface area (Å²) in [4.78, 5) is 27.7. The van der Waals surface area contributed by atoms with E-state index in [4.69, 9.17) is 15.2 Å². The van der Waals surface area contributed by atoms with E-state index in [1.54, 1.807) is 18.5 Å². The van der Waals surface area contributed by atoms with Crippen LogP contribution in [0.1, 0.15) is 35.7 Å². The van der Waals surface area contributed by atoms with Crippen molar-refractivity contribution in [3.05, 3.63) is 41.7 Å². The zero-order chi connectivity index (χ0) is 23.0. The summed E-state index contributed by atoms with van der Waals surface area (Å²) < 4.78 is 13.2. The molecule has 1 fully saturated rings. The Kier molecular flexibility index (Phi) is 7.69. The molecule has 3 heterocycles. The maximum atomic E-state index is 11.5. The molecule has 2 aromatic heterocycles. The van der Waals surface area contributed by atoms with Gasteiger partial charge in [0, 0.05) is 31.7 Å². The first-order valence-electron chi connectivity index (χ1n) is 11.4. The van der Waals surface area contributed by atoms with Crippen LogP contribution in [0.25, 0.3) is 11.2 Å². The molecule has 0 atom stereocenters. The van der Waals surface area contributed by atoms with Crippen LogP contribution in [0.15, 0.2) is 30.6 Å². The molecule has 10 heteroatoms. The molecule has 0 saturated carbocycles. The van der Waals surface area contributed by atoms with E-state index in [0.29, 0.717) is 41.7 Å². The minimum Gasteiger partial charge on any atom is -0.463 e. The van der Waals surface area contributed by atoms with E-state index >= 15 is 0 Å². The van der Waals surface area contributed by atoms with Crippen LogP contribution < -0.4 is 15.8 Å². The number of benzene rings is 1. The lowest BCUT2D eigenvalue weighted by Crippen LogP contribution is -2.39. The first kappa shape index (κ1) is 22.9. The van der Waals surface area contributed by atoms with Crippen molar-refractivity contribution in [2.24, 2.45) is 5.73 Å². The van der Waals surface area contributed by atoms with Crippen molar-refractivity contribution < 1.29 is 14.3 Å². The summed E-state index contributed by atoms with van der Waals surface area (Å²) in [7, 11) is 0. The van der Waals surface area contributed by atoms with Gasteiger partial charge in [-0.1, -0.05) is 25.5 Å². The van der Waals surface area contributed by atoms with Crippen LogP contribution in [0.3, 0.4) is 0 Å². The normalized spacial score (nSPS) is 14.5. The van der Waals surface area contributed by atoms with Crippen LogP contribution in [-0.4, -0.2) is 76.3 Å². The Hall–Kier alpha value is -3.24. The Bertz CT molecular complexity index is 1080. The number of primary amides is 1. The number of nitrogens with two attached hydrogens (primary N) is 1. The number of anilines is 1. The predicted octanol–water partition coefficient (Wildman–Crippen LogP) is 1.90. The van der Waals surface area contributed by atoms with Gasteiger partial charge in [0.2, 0.25) is 5.91 Å². The van der Waals surface area contributed by atoms with Crippen molar-refractivity contribution >= 4 is 22.9 Å². The van der Waals surface area contributed by atoms with Gasteiger partial charge in [-0.25, -0.2) is 4.98 Å². The monoisotopic (exact) mass is 453 g/mol. The minimum absolute atomic E-state index is 0.331. The van der Waals surface area contributed by atoms with Gasteiger partial charge in [-0.15, -0.1) is 0 Å². The third kappa shape index (κ3) is 5.96. The molecule has 1 aromatic carbocycles. The number of hydrogen-bond donors (Lipinski definition) is 2. The highest BCUT2D eigenvalue weighted by Gasteiger charge is 2.16. The molecule has 1 aliphatic heterocycles. The number of imidazole rings is 1. The number of nitrogens with zero attached hydrogens (tertiary/aromatic N) is 5. The van der Waals surface area contributed by atoms with Gasteiger partial charge in [0.15, 0.2) is 17.0 Å². The molecule has 3 N–H and O–H groups in total. The van der Waals surface area contributed by atoms with E-state index in [9.17, 15) is 4.79 Å². The molecule has 0 spiro atoms. The van der Waals surface area contributed by atoms with Gasteiger partial charge >= 0.3 is 6.01 Å². The molecule has 0 unspecified atom stereocenters. The van der Waals surface area contributed by atoms with Crippen LogP contribution in [0.4, 0.5) is 5.82 Å². The standard InChI is InChI=1S/C23H31N7O3/c1-2-3-11-33-23-27-21(25-7-8-29-9-12-32-13-10-29)19-22(28-23)30(16-26-19)15-17-5-4-6-18(14-17)20(24)31/h4-6,14,16H,2-3,7-13,15H2,1H3,(H2,24,31)(H,25,27,28). The molecule has 0 aliphatic carbocycles. The summed E-state index contributed by atoms with van der Waals surface area (Å²) in [6.45, 7) is 8.20. The number of nitrogens with one attached hydrogen (secondary N) is 1. The highest BCUT2D eigenvalue weighted by molar-refractivity contribution is 5.92. The number of unbranched alkanes of at least 4 members (excludes halogenated alkanes) is 1. The third-order valence-electron chi connectivity index (χ3n) is 5.56. The Morgan fingerprint density at radius 2 is 2.12 bits per heavy atom. The van der Waals surface area contributed by atoms with Gasteiger partial charge in [0.25, 0.3) is 0 Å². The number of carbonyl (C=O) groups excluding carboxylic acids is 1. The number of carbonyl (C=O) groups is 1. The summed E-state index contributed by atoms with van der Waals surface area (Å²) in [6, 6.07) is 7.59. The summed E-state index contributed by atoms with van der Waals surface area (Å²) in [5, 5.41) is 3.42.